The van der Waals surface area contributed by atoms with Gasteiger partial charge in [-0.1, -0.05) is 0 Å². The molecular weight excluding hydrogens is 182 g/mol. The molecule has 0 atom stereocenters. The second-order valence-corrected chi connectivity index (χ2v) is 4.45. The highest BCUT2D eigenvalue weighted by atomic mass is 16.7. The first-order chi connectivity index (χ1) is 6.64. The van der Waals surface area contributed by atoms with Crippen LogP contribution < -0.4 is 5.32 Å². The maximum absolute atomic E-state index is 11.0. The van der Waals surface area contributed by atoms with Crippen molar-refractivity contribution in [2.24, 2.45) is 5.41 Å². The molecule has 14 heavy (non-hydrogen) atoms. The zero-order valence-electron chi connectivity index (χ0n) is 8.76. The molecule has 0 aromatic heterocycles. The number of piperidine rings is 1. The van der Waals surface area contributed by atoms with Gasteiger partial charge in [-0.25, -0.2) is 0 Å². The Hall–Kier alpha value is -0.610. The van der Waals surface area contributed by atoms with E-state index in [0.29, 0.717) is 6.42 Å². The van der Waals surface area contributed by atoms with Crippen LogP contribution in [0.2, 0.25) is 0 Å². The molecule has 1 saturated heterocycles. The smallest absolute Gasteiger partial charge is 0.220 e. The Morgan fingerprint density at radius 2 is 1.93 bits per heavy atom. The van der Waals surface area contributed by atoms with Gasteiger partial charge in [0.2, 0.25) is 5.91 Å². The van der Waals surface area contributed by atoms with Gasteiger partial charge in [0, 0.05) is 40.0 Å². The highest BCUT2D eigenvalue weighted by Gasteiger charge is 2.56. The number of ether oxygens (including phenoxy) is 2. The van der Waals surface area contributed by atoms with E-state index >= 15 is 0 Å². The van der Waals surface area contributed by atoms with Crippen molar-refractivity contribution in [3.8, 4) is 0 Å². The maximum Gasteiger partial charge on any atom is 0.220 e. The summed E-state index contributed by atoms with van der Waals surface area (Å²) in [6, 6.07) is 0. The number of amides is 1. The maximum atomic E-state index is 11.0. The van der Waals surface area contributed by atoms with Crippen LogP contribution in [0.4, 0.5) is 0 Å². The van der Waals surface area contributed by atoms with E-state index < -0.39 is 0 Å². The normalized spacial score (nSPS) is 28.3. The fourth-order valence-electron chi connectivity index (χ4n) is 2.61. The lowest BCUT2D eigenvalue weighted by molar-refractivity contribution is -0.298. The van der Waals surface area contributed by atoms with Crippen molar-refractivity contribution in [2.75, 3.05) is 20.8 Å². The molecule has 1 N–H and O–H groups in total. The van der Waals surface area contributed by atoms with Crippen molar-refractivity contribution in [1.29, 1.82) is 0 Å². The predicted octanol–water partition coefficient (Wildman–Crippen LogP) is 0.666. The van der Waals surface area contributed by atoms with Crippen LogP contribution in [0, 0.1) is 5.41 Å². The Kier molecular flexibility index (Phi) is 2.27. The second kappa shape index (κ2) is 3.21. The van der Waals surface area contributed by atoms with E-state index in [1.54, 1.807) is 14.2 Å². The largest absolute Gasteiger partial charge is 0.356 e. The van der Waals surface area contributed by atoms with E-state index in [2.05, 4.69) is 5.32 Å². The predicted molar refractivity (Wildman–Crippen MR) is 50.7 cm³/mol. The monoisotopic (exact) mass is 199 g/mol. The molecule has 4 heteroatoms. The number of carbonyl (C=O) groups is 1. The third-order valence-electron chi connectivity index (χ3n) is 3.58. The van der Waals surface area contributed by atoms with E-state index in [0.717, 1.165) is 25.8 Å². The summed E-state index contributed by atoms with van der Waals surface area (Å²) in [7, 11) is 3.36. The van der Waals surface area contributed by atoms with Crippen LogP contribution in [0.5, 0.6) is 0 Å². The summed E-state index contributed by atoms with van der Waals surface area (Å²) in [5.41, 5.74) is 0.236. The number of hydrogen-bond donors (Lipinski definition) is 1. The molecular formula is C10H17NO3. The first kappa shape index (κ1) is 9.93. The number of nitrogens with one attached hydrogen (secondary N) is 1. The van der Waals surface area contributed by atoms with Gasteiger partial charge in [0.1, 0.15) is 0 Å². The lowest BCUT2D eigenvalue weighted by Crippen LogP contribution is -2.60. The third-order valence-corrected chi connectivity index (χ3v) is 3.58. The Morgan fingerprint density at radius 1 is 1.29 bits per heavy atom. The minimum atomic E-state index is -0.387. The second-order valence-electron chi connectivity index (χ2n) is 4.45. The van der Waals surface area contributed by atoms with Gasteiger partial charge in [0.25, 0.3) is 0 Å². The number of hydrogen-bond acceptors (Lipinski definition) is 3. The Bertz CT molecular complexity index is 228. The van der Waals surface area contributed by atoms with Crippen LogP contribution in [0.25, 0.3) is 0 Å². The first-order valence-corrected chi connectivity index (χ1v) is 5.01. The molecule has 2 aliphatic rings. The average molecular weight is 199 g/mol. The van der Waals surface area contributed by atoms with E-state index in [-0.39, 0.29) is 17.1 Å². The van der Waals surface area contributed by atoms with Gasteiger partial charge in [-0.05, 0) is 11.8 Å². The molecule has 1 heterocycles. The van der Waals surface area contributed by atoms with E-state index in [9.17, 15) is 4.79 Å². The molecule has 1 aliphatic carbocycles. The minimum absolute atomic E-state index is 0.169. The van der Waals surface area contributed by atoms with Gasteiger partial charge in [0.05, 0.1) is 0 Å². The molecule has 80 valence electrons. The van der Waals surface area contributed by atoms with Crippen LogP contribution in [-0.2, 0) is 14.3 Å². The molecule has 2 fully saturated rings. The summed E-state index contributed by atoms with van der Waals surface area (Å²) in [5, 5.41) is 2.91. The Labute approximate surface area is 84.0 Å². The van der Waals surface area contributed by atoms with Crippen molar-refractivity contribution >= 4 is 5.91 Å². The highest BCUT2D eigenvalue weighted by Crippen LogP contribution is 2.54. The van der Waals surface area contributed by atoms with E-state index in [4.69, 9.17) is 9.47 Å². The van der Waals surface area contributed by atoms with Crippen molar-refractivity contribution in [3.05, 3.63) is 0 Å². The first-order valence-electron chi connectivity index (χ1n) is 5.01. The Morgan fingerprint density at radius 3 is 2.36 bits per heavy atom. The quantitative estimate of drug-likeness (QED) is 0.665. The summed E-state index contributed by atoms with van der Waals surface area (Å²) in [5.74, 6) is -0.217. The van der Waals surface area contributed by atoms with Gasteiger partial charge in [0.15, 0.2) is 5.79 Å². The van der Waals surface area contributed by atoms with Gasteiger partial charge in [-0.3, -0.25) is 4.79 Å². The molecule has 2 rings (SSSR count). The molecule has 1 amide bonds. The minimum Gasteiger partial charge on any atom is -0.356 e. The zero-order valence-corrected chi connectivity index (χ0v) is 8.76. The topological polar surface area (TPSA) is 47.6 Å². The lowest BCUT2D eigenvalue weighted by Gasteiger charge is -2.55. The van der Waals surface area contributed by atoms with Crippen molar-refractivity contribution < 1.29 is 14.3 Å². The molecule has 0 aromatic rings. The Balaban J connectivity index is 1.94. The van der Waals surface area contributed by atoms with Crippen LogP contribution in [0.15, 0.2) is 0 Å². The standard InChI is InChI=1S/C10H17NO3/c1-13-10(14-2)5-9(6-10)4-3-8(12)11-7-9/h3-7H2,1-2H3,(H,11,12). The summed E-state index contributed by atoms with van der Waals surface area (Å²) in [4.78, 5) is 11.0. The van der Waals surface area contributed by atoms with Gasteiger partial charge in [-0.15, -0.1) is 0 Å². The SMILES string of the molecule is COC1(OC)CC2(CCC(=O)NC2)C1. The summed E-state index contributed by atoms with van der Waals surface area (Å²) in [6.07, 6.45) is 3.40. The molecule has 0 unspecified atom stereocenters. The molecule has 4 nitrogen and oxygen atoms in total. The molecule has 0 bridgehead atoms. The summed E-state index contributed by atoms with van der Waals surface area (Å²) < 4.78 is 10.7. The van der Waals surface area contributed by atoms with Gasteiger partial charge >= 0.3 is 0 Å². The molecule has 0 radical (unpaired) electrons. The average Bonchev–Trinajstić information content (AvgIpc) is 2.16. The summed E-state index contributed by atoms with van der Waals surface area (Å²) >= 11 is 0. The fourth-order valence-corrected chi connectivity index (χ4v) is 2.61. The van der Waals surface area contributed by atoms with Crippen molar-refractivity contribution in [1.82, 2.24) is 5.32 Å². The molecule has 1 aliphatic heterocycles. The molecule has 1 spiro atoms. The van der Waals surface area contributed by atoms with Crippen LogP contribution >= 0.6 is 0 Å². The van der Waals surface area contributed by atoms with Crippen LogP contribution in [-0.4, -0.2) is 32.5 Å². The fraction of sp³-hybridized carbons (Fsp3) is 0.900. The zero-order chi connectivity index (χ0) is 10.2. The lowest BCUT2D eigenvalue weighted by atomic mass is 9.60. The van der Waals surface area contributed by atoms with Crippen LogP contribution in [0.1, 0.15) is 25.7 Å². The van der Waals surface area contributed by atoms with E-state index in [1.165, 1.54) is 0 Å². The highest BCUT2D eigenvalue weighted by molar-refractivity contribution is 5.76. The number of methoxy groups -OCH3 is 2. The summed E-state index contributed by atoms with van der Waals surface area (Å²) in [6.45, 7) is 0.778. The van der Waals surface area contributed by atoms with Gasteiger partial charge in [-0.2, -0.15) is 0 Å². The van der Waals surface area contributed by atoms with Gasteiger partial charge < -0.3 is 14.8 Å². The number of carbonyl (C=O) groups excluding carboxylic acids is 1. The van der Waals surface area contributed by atoms with Crippen LogP contribution in [0.3, 0.4) is 0 Å². The van der Waals surface area contributed by atoms with E-state index in [1.807, 2.05) is 0 Å². The molecule has 0 aromatic carbocycles. The van der Waals surface area contributed by atoms with Crippen molar-refractivity contribution in [2.45, 2.75) is 31.5 Å². The molecule has 1 saturated carbocycles. The third kappa shape index (κ3) is 1.42. The van der Waals surface area contributed by atoms with Crippen molar-refractivity contribution in [3.63, 3.8) is 0 Å². The number of rotatable bonds is 2.